The van der Waals surface area contributed by atoms with E-state index in [-0.39, 0.29) is 5.78 Å². The van der Waals surface area contributed by atoms with Crippen LogP contribution in [0.4, 0.5) is 0 Å². The fraction of sp³-hybridized carbons (Fsp3) is 0.692. The molecular weight excluding hydrogens is 250 g/mol. The summed E-state index contributed by atoms with van der Waals surface area (Å²) in [7, 11) is 3.95. The van der Waals surface area contributed by atoms with Crippen LogP contribution in [0.15, 0.2) is 6.20 Å². The molecule has 1 aromatic heterocycles. The van der Waals surface area contributed by atoms with Crippen molar-refractivity contribution in [3.8, 4) is 0 Å². The first-order valence-electron chi connectivity index (χ1n) is 6.46. The third kappa shape index (κ3) is 1.97. The molecule has 0 spiro atoms. The van der Waals surface area contributed by atoms with Crippen molar-refractivity contribution in [2.75, 3.05) is 14.1 Å². The lowest BCUT2D eigenvalue weighted by atomic mass is 9.88. The van der Waals surface area contributed by atoms with Crippen LogP contribution in [0.3, 0.4) is 0 Å². The van der Waals surface area contributed by atoms with E-state index in [9.17, 15) is 4.79 Å². The highest BCUT2D eigenvalue weighted by atomic mass is 35.5. The predicted octanol–water partition coefficient (Wildman–Crippen LogP) is 2.61. The minimum Gasteiger partial charge on any atom is -0.297 e. The van der Waals surface area contributed by atoms with Crippen LogP contribution in [0, 0.1) is 0 Å². The lowest BCUT2D eigenvalue weighted by molar-refractivity contribution is 0.0681. The van der Waals surface area contributed by atoms with Crippen molar-refractivity contribution in [1.29, 1.82) is 0 Å². The fourth-order valence-electron chi connectivity index (χ4n) is 2.89. The van der Waals surface area contributed by atoms with Crippen molar-refractivity contribution < 1.29 is 4.79 Å². The minimum atomic E-state index is -0.392. The zero-order chi connectivity index (χ0) is 13.3. The summed E-state index contributed by atoms with van der Waals surface area (Å²) >= 11 is 6.14. The Balaban J connectivity index is 2.43. The molecule has 0 aliphatic heterocycles. The van der Waals surface area contributed by atoms with Crippen molar-refractivity contribution >= 4 is 17.4 Å². The summed E-state index contributed by atoms with van der Waals surface area (Å²) in [5.41, 5.74) is 0.172. The molecule has 2 rings (SSSR count). The summed E-state index contributed by atoms with van der Waals surface area (Å²) in [6.45, 7) is 2.63. The SMILES string of the molecule is CCn1ncc(Cl)c1C(=O)C1(N(C)C)CCCC1. The first-order chi connectivity index (χ1) is 8.53. The summed E-state index contributed by atoms with van der Waals surface area (Å²) in [6.07, 6.45) is 5.58. The third-order valence-corrected chi connectivity index (χ3v) is 4.30. The molecule has 0 aromatic carbocycles. The van der Waals surface area contributed by atoms with Gasteiger partial charge in [-0.15, -0.1) is 0 Å². The van der Waals surface area contributed by atoms with Crippen LogP contribution in [-0.4, -0.2) is 40.1 Å². The van der Waals surface area contributed by atoms with Gasteiger partial charge in [0.25, 0.3) is 0 Å². The molecule has 0 saturated heterocycles. The Hall–Kier alpha value is -0.870. The molecule has 100 valence electrons. The minimum absolute atomic E-state index is 0.120. The Morgan fingerprint density at radius 2 is 2.11 bits per heavy atom. The van der Waals surface area contributed by atoms with Gasteiger partial charge in [-0.1, -0.05) is 24.4 Å². The van der Waals surface area contributed by atoms with Crippen LogP contribution in [0.1, 0.15) is 43.1 Å². The Labute approximate surface area is 113 Å². The Morgan fingerprint density at radius 1 is 1.50 bits per heavy atom. The van der Waals surface area contributed by atoms with Gasteiger partial charge in [-0.25, -0.2) is 0 Å². The molecule has 0 bridgehead atoms. The van der Waals surface area contributed by atoms with Crippen molar-refractivity contribution in [2.24, 2.45) is 0 Å². The van der Waals surface area contributed by atoms with Gasteiger partial charge in [0.1, 0.15) is 5.69 Å². The van der Waals surface area contributed by atoms with Crippen LogP contribution in [-0.2, 0) is 6.54 Å². The van der Waals surface area contributed by atoms with E-state index in [1.54, 1.807) is 10.9 Å². The van der Waals surface area contributed by atoms with Crippen LogP contribution >= 0.6 is 11.6 Å². The van der Waals surface area contributed by atoms with Gasteiger partial charge in [-0.2, -0.15) is 5.10 Å². The van der Waals surface area contributed by atoms with E-state index in [0.717, 1.165) is 25.7 Å². The molecule has 0 N–H and O–H groups in total. The van der Waals surface area contributed by atoms with Gasteiger partial charge in [-0.3, -0.25) is 14.4 Å². The first kappa shape index (κ1) is 13.6. The lowest BCUT2D eigenvalue weighted by Gasteiger charge is -2.34. The average Bonchev–Trinajstić information content (AvgIpc) is 2.95. The number of aryl methyl sites for hydroxylation is 1. The lowest BCUT2D eigenvalue weighted by Crippen LogP contribution is -2.49. The maximum absolute atomic E-state index is 12.9. The monoisotopic (exact) mass is 269 g/mol. The molecule has 1 heterocycles. The first-order valence-corrected chi connectivity index (χ1v) is 6.84. The van der Waals surface area contributed by atoms with Crippen molar-refractivity contribution in [2.45, 2.75) is 44.7 Å². The number of Topliss-reactive ketones (excluding diaryl/α,β-unsaturated/α-hetero) is 1. The number of halogens is 1. The topological polar surface area (TPSA) is 38.1 Å². The number of hydrogen-bond donors (Lipinski definition) is 0. The summed E-state index contributed by atoms with van der Waals surface area (Å²) in [5.74, 6) is 0.120. The Morgan fingerprint density at radius 3 is 2.61 bits per heavy atom. The molecule has 0 radical (unpaired) electrons. The number of likely N-dealkylation sites (N-methyl/N-ethyl adjacent to an activating group) is 1. The molecule has 0 amide bonds. The molecule has 0 atom stereocenters. The number of ketones is 1. The van der Waals surface area contributed by atoms with E-state index in [1.165, 1.54) is 0 Å². The van der Waals surface area contributed by atoms with Gasteiger partial charge in [0.2, 0.25) is 5.78 Å². The van der Waals surface area contributed by atoms with E-state index >= 15 is 0 Å². The number of rotatable bonds is 4. The molecule has 18 heavy (non-hydrogen) atoms. The molecule has 1 aliphatic rings. The van der Waals surface area contributed by atoms with Crippen molar-refractivity contribution in [1.82, 2.24) is 14.7 Å². The third-order valence-electron chi connectivity index (χ3n) is 4.02. The van der Waals surface area contributed by atoms with Crippen LogP contribution in [0.25, 0.3) is 0 Å². The number of carbonyl (C=O) groups is 1. The highest BCUT2D eigenvalue weighted by Gasteiger charge is 2.45. The number of carbonyl (C=O) groups excluding carboxylic acids is 1. The van der Waals surface area contributed by atoms with Gasteiger partial charge >= 0.3 is 0 Å². The second-order valence-electron chi connectivity index (χ2n) is 5.12. The van der Waals surface area contributed by atoms with Gasteiger partial charge in [0.15, 0.2) is 0 Å². The molecule has 1 aliphatic carbocycles. The maximum atomic E-state index is 12.9. The second kappa shape index (κ2) is 5.02. The van der Waals surface area contributed by atoms with E-state index < -0.39 is 5.54 Å². The van der Waals surface area contributed by atoms with E-state index in [4.69, 9.17) is 11.6 Å². The van der Waals surface area contributed by atoms with Crippen LogP contribution in [0.2, 0.25) is 5.02 Å². The summed E-state index contributed by atoms with van der Waals surface area (Å²) in [5, 5.41) is 4.63. The highest BCUT2D eigenvalue weighted by Crippen LogP contribution is 2.37. The molecule has 5 heteroatoms. The maximum Gasteiger partial charge on any atom is 0.202 e. The quantitative estimate of drug-likeness (QED) is 0.789. The van der Waals surface area contributed by atoms with E-state index in [0.29, 0.717) is 17.3 Å². The van der Waals surface area contributed by atoms with Crippen LogP contribution in [0.5, 0.6) is 0 Å². The standard InChI is InChI=1S/C13H20ClN3O/c1-4-17-11(10(14)9-15-17)12(18)13(16(2)3)7-5-6-8-13/h9H,4-8H2,1-3H3. The van der Waals surface area contributed by atoms with E-state index in [1.807, 2.05) is 25.9 Å². The molecule has 4 nitrogen and oxygen atoms in total. The summed E-state index contributed by atoms with van der Waals surface area (Å²) in [4.78, 5) is 14.9. The van der Waals surface area contributed by atoms with Gasteiger partial charge in [0.05, 0.1) is 16.8 Å². The number of aromatic nitrogens is 2. The number of nitrogens with zero attached hydrogens (tertiary/aromatic N) is 3. The van der Waals surface area contributed by atoms with Gasteiger partial charge in [-0.05, 0) is 33.9 Å². The van der Waals surface area contributed by atoms with E-state index in [2.05, 4.69) is 5.10 Å². The average molecular weight is 270 g/mol. The highest BCUT2D eigenvalue weighted by molar-refractivity contribution is 6.34. The Bertz CT molecular complexity index is 447. The molecule has 1 aromatic rings. The van der Waals surface area contributed by atoms with Gasteiger partial charge < -0.3 is 0 Å². The zero-order valence-electron chi connectivity index (χ0n) is 11.2. The summed E-state index contributed by atoms with van der Waals surface area (Å²) < 4.78 is 1.70. The zero-order valence-corrected chi connectivity index (χ0v) is 12.0. The number of hydrogen-bond acceptors (Lipinski definition) is 3. The second-order valence-corrected chi connectivity index (χ2v) is 5.53. The Kier molecular flexibility index (Phi) is 3.78. The van der Waals surface area contributed by atoms with Crippen molar-refractivity contribution in [3.63, 3.8) is 0 Å². The summed E-state index contributed by atoms with van der Waals surface area (Å²) in [6, 6.07) is 0. The van der Waals surface area contributed by atoms with Crippen LogP contribution < -0.4 is 0 Å². The van der Waals surface area contributed by atoms with Gasteiger partial charge in [0, 0.05) is 6.54 Å². The molecule has 0 unspecified atom stereocenters. The van der Waals surface area contributed by atoms with Crippen molar-refractivity contribution in [3.05, 3.63) is 16.9 Å². The molecule has 1 saturated carbocycles. The predicted molar refractivity (Wildman–Crippen MR) is 72.1 cm³/mol. The molecule has 1 fully saturated rings. The largest absolute Gasteiger partial charge is 0.297 e. The smallest absolute Gasteiger partial charge is 0.202 e. The normalized spacial score (nSPS) is 18.5. The molecular formula is C13H20ClN3O. The fourth-order valence-corrected chi connectivity index (χ4v) is 3.11.